The van der Waals surface area contributed by atoms with Crippen molar-refractivity contribution < 1.29 is 27.9 Å². The van der Waals surface area contributed by atoms with E-state index in [1.165, 1.54) is 5.32 Å². The lowest BCUT2D eigenvalue weighted by atomic mass is 10.0. The highest BCUT2D eigenvalue weighted by Crippen LogP contribution is 2.31. The number of carbonyl (C=O) groups is 2. The van der Waals surface area contributed by atoms with Crippen molar-refractivity contribution in [3.63, 3.8) is 0 Å². The maximum Gasteiger partial charge on any atom is 0.422 e. The van der Waals surface area contributed by atoms with E-state index in [9.17, 15) is 22.8 Å². The smallest absolute Gasteiger partial charge is 0.422 e. The predicted octanol–water partition coefficient (Wildman–Crippen LogP) is 2.95. The molecule has 0 spiro atoms. The first-order valence-corrected chi connectivity index (χ1v) is 6.93. The summed E-state index contributed by atoms with van der Waals surface area (Å²) in [7, 11) is 0. The third kappa shape index (κ3) is 4.28. The number of carboxylic acid groups (broad SMARTS) is 1. The molecule has 1 aromatic rings. The molecule has 0 heterocycles. The lowest BCUT2D eigenvalue weighted by molar-refractivity contribution is -0.206. The molecule has 21 heavy (non-hydrogen) atoms. The maximum atomic E-state index is 12.7. The SMILES string of the molecule is CC(NC(=O)CSc1ccccc1Cl)(C(=O)O)C(F)(F)F. The van der Waals surface area contributed by atoms with Crippen molar-refractivity contribution in [1.29, 1.82) is 0 Å². The number of carboxylic acids is 1. The zero-order valence-electron chi connectivity index (χ0n) is 10.7. The minimum atomic E-state index is -5.11. The van der Waals surface area contributed by atoms with Crippen molar-refractivity contribution in [3.05, 3.63) is 29.3 Å². The van der Waals surface area contributed by atoms with Crippen LogP contribution in [0.4, 0.5) is 13.2 Å². The highest BCUT2D eigenvalue weighted by atomic mass is 35.5. The summed E-state index contributed by atoms with van der Waals surface area (Å²) in [5.41, 5.74) is -3.33. The van der Waals surface area contributed by atoms with E-state index in [1.54, 1.807) is 24.3 Å². The molecular formula is C12H11ClF3NO3S. The van der Waals surface area contributed by atoms with E-state index in [1.807, 2.05) is 0 Å². The van der Waals surface area contributed by atoms with Crippen molar-refractivity contribution in [2.75, 3.05) is 5.75 Å². The van der Waals surface area contributed by atoms with Crippen LogP contribution >= 0.6 is 23.4 Å². The van der Waals surface area contributed by atoms with Crippen molar-refractivity contribution in [2.24, 2.45) is 0 Å². The third-order valence-corrected chi connectivity index (χ3v) is 4.09. The summed E-state index contributed by atoms with van der Waals surface area (Å²) in [5.74, 6) is -3.61. The lowest BCUT2D eigenvalue weighted by Crippen LogP contribution is -2.62. The van der Waals surface area contributed by atoms with Crippen LogP contribution in [0.2, 0.25) is 5.02 Å². The summed E-state index contributed by atoms with van der Waals surface area (Å²) >= 11 is 6.75. The number of halogens is 4. The van der Waals surface area contributed by atoms with Crippen LogP contribution in [0.15, 0.2) is 29.2 Å². The van der Waals surface area contributed by atoms with E-state index in [-0.39, 0.29) is 5.75 Å². The van der Waals surface area contributed by atoms with Crippen LogP contribution in [0, 0.1) is 0 Å². The van der Waals surface area contributed by atoms with Crippen LogP contribution in [0.5, 0.6) is 0 Å². The van der Waals surface area contributed by atoms with Gasteiger partial charge in [0.05, 0.1) is 10.8 Å². The Hall–Kier alpha value is -1.41. The molecule has 0 radical (unpaired) electrons. The first-order valence-electron chi connectivity index (χ1n) is 5.56. The predicted molar refractivity (Wildman–Crippen MR) is 72.4 cm³/mol. The van der Waals surface area contributed by atoms with Crippen LogP contribution in [0.1, 0.15) is 6.92 Å². The molecule has 0 bridgehead atoms. The van der Waals surface area contributed by atoms with Gasteiger partial charge >= 0.3 is 12.1 Å². The molecule has 0 fully saturated rings. The van der Waals surface area contributed by atoms with Gasteiger partial charge in [0.2, 0.25) is 11.4 Å². The van der Waals surface area contributed by atoms with Crippen molar-refractivity contribution in [3.8, 4) is 0 Å². The number of alkyl halides is 3. The summed E-state index contributed by atoms with van der Waals surface area (Å²) in [6, 6.07) is 6.49. The number of aliphatic carboxylic acids is 1. The third-order valence-electron chi connectivity index (χ3n) is 2.58. The fourth-order valence-electron chi connectivity index (χ4n) is 1.27. The van der Waals surface area contributed by atoms with Crippen LogP contribution in [-0.4, -0.2) is 34.5 Å². The maximum absolute atomic E-state index is 12.7. The number of hydrogen-bond donors (Lipinski definition) is 2. The minimum Gasteiger partial charge on any atom is -0.479 e. The standard InChI is InChI=1S/C12H11ClF3NO3S/c1-11(10(19)20,12(14,15)16)17-9(18)6-21-8-5-3-2-4-7(8)13/h2-5H,6H2,1H3,(H,17,18)(H,19,20). The molecule has 1 atom stereocenters. The molecule has 1 amide bonds. The Bertz CT molecular complexity index is 553. The zero-order valence-corrected chi connectivity index (χ0v) is 12.3. The number of thioether (sulfide) groups is 1. The van der Waals surface area contributed by atoms with Gasteiger partial charge in [0.25, 0.3) is 0 Å². The second-order valence-electron chi connectivity index (χ2n) is 4.20. The van der Waals surface area contributed by atoms with Crippen LogP contribution in [0.25, 0.3) is 0 Å². The van der Waals surface area contributed by atoms with E-state index >= 15 is 0 Å². The van der Waals surface area contributed by atoms with Crippen molar-refractivity contribution in [2.45, 2.75) is 23.5 Å². The second-order valence-corrected chi connectivity index (χ2v) is 5.62. The minimum absolute atomic E-state index is 0.354. The topological polar surface area (TPSA) is 66.4 Å². The van der Waals surface area contributed by atoms with E-state index in [0.29, 0.717) is 16.8 Å². The Morgan fingerprint density at radius 1 is 1.33 bits per heavy atom. The van der Waals surface area contributed by atoms with E-state index < -0.39 is 23.6 Å². The molecule has 0 saturated heterocycles. The largest absolute Gasteiger partial charge is 0.479 e. The Kier molecular flexibility index (Phi) is 5.52. The molecule has 0 aromatic heterocycles. The van der Waals surface area contributed by atoms with Gasteiger partial charge in [0.15, 0.2) is 0 Å². The van der Waals surface area contributed by atoms with Gasteiger partial charge < -0.3 is 10.4 Å². The zero-order chi connectivity index (χ0) is 16.3. The highest BCUT2D eigenvalue weighted by molar-refractivity contribution is 8.00. The molecule has 0 aliphatic carbocycles. The molecule has 1 unspecified atom stereocenters. The van der Waals surface area contributed by atoms with Crippen molar-refractivity contribution >= 4 is 35.2 Å². The fourth-order valence-corrected chi connectivity index (χ4v) is 2.30. The second kappa shape index (κ2) is 6.57. The number of carbonyl (C=O) groups excluding carboxylic acids is 1. The molecule has 0 aliphatic heterocycles. The monoisotopic (exact) mass is 341 g/mol. The normalized spacial score (nSPS) is 14.3. The van der Waals surface area contributed by atoms with Gasteiger partial charge in [-0.05, 0) is 19.1 Å². The summed E-state index contributed by atoms with van der Waals surface area (Å²) in [4.78, 5) is 22.8. The number of benzene rings is 1. The summed E-state index contributed by atoms with van der Waals surface area (Å²) < 4.78 is 38.2. The summed E-state index contributed by atoms with van der Waals surface area (Å²) in [5, 5.41) is 10.5. The van der Waals surface area contributed by atoms with Gasteiger partial charge in [-0.1, -0.05) is 23.7 Å². The lowest BCUT2D eigenvalue weighted by Gasteiger charge is -2.28. The molecule has 2 N–H and O–H groups in total. The van der Waals surface area contributed by atoms with Gasteiger partial charge in [-0.2, -0.15) is 13.2 Å². The molecule has 0 aliphatic rings. The van der Waals surface area contributed by atoms with Crippen LogP contribution < -0.4 is 5.32 Å². The molecule has 1 rings (SSSR count). The first kappa shape index (κ1) is 17.6. The quantitative estimate of drug-likeness (QED) is 0.808. The number of rotatable bonds is 5. The van der Waals surface area contributed by atoms with Gasteiger partial charge in [0.1, 0.15) is 0 Å². The molecule has 1 aromatic carbocycles. The van der Waals surface area contributed by atoms with E-state index in [4.69, 9.17) is 16.7 Å². The summed E-state index contributed by atoms with van der Waals surface area (Å²) in [6.07, 6.45) is -5.11. The number of hydrogen-bond acceptors (Lipinski definition) is 3. The molecule has 4 nitrogen and oxygen atoms in total. The fraction of sp³-hybridized carbons (Fsp3) is 0.333. The average molecular weight is 342 g/mol. The highest BCUT2D eigenvalue weighted by Gasteiger charge is 2.58. The van der Waals surface area contributed by atoms with Gasteiger partial charge in [0, 0.05) is 4.90 Å². The molecule has 0 saturated carbocycles. The van der Waals surface area contributed by atoms with Gasteiger partial charge in [-0.25, -0.2) is 4.79 Å². The molecule has 9 heteroatoms. The van der Waals surface area contributed by atoms with Crippen LogP contribution in [0.3, 0.4) is 0 Å². The first-order chi connectivity index (χ1) is 9.58. The Labute approximate surface area is 127 Å². The van der Waals surface area contributed by atoms with E-state index in [2.05, 4.69) is 0 Å². The average Bonchev–Trinajstić information content (AvgIpc) is 2.36. The summed E-state index contributed by atoms with van der Waals surface area (Å²) in [6.45, 7) is 0.396. The number of nitrogens with one attached hydrogen (secondary N) is 1. The molecule has 116 valence electrons. The van der Waals surface area contributed by atoms with E-state index in [0.717, 1.165) is 11.8 Å². The Morgan fingerprint density at radius 3 is 2.38 bits per heavy atom. The number of amides is 1. The van der Waals surface area contributed by atoms with Gasteiger partial charge in [-0.15, -0.1) is 11.8 Å². The van der Waals surface area contributed by atoms with Crippen molar-refractivity contribution in [1.82, 2.24) is 5.32 Å². The molecular weight excluding hydrogens is 331 g/mol. The van der Waals surface area contributed by atoms with Gasteiger partial charge in [-0.3, -0.25) is 4.79 Å². The Morgan fingerprint density at radius 2 is 1.90 bits per heavy atom. The van der Waals surface area contributed by atoms with Crippen LogP contribution in [-0.2, 0) is 9.59 Å². The Balaban J connectivity index is 2.73.